The molecule has 2 nitrogen and oxygen atoms in total. The number of aliphatic hydroxyl groups excluding tert-OH is 1. The molecule has 0 aliphatic heterocycles. The Bertz CT molecular complexity index is 325. The maximum Gasteiger partial charge on any atom is 0.119 e. The molecule has 0 bridgehead atoms. The molecule has 3 heteroatoms. The van der Waals surface area contributed by atoms with Crippen molar-refractivity contribution >= 4 is 11.8 Å². The van der Waals surface area contributed by atoms with E-state index in [1.165, 1.54) is 11.3 Å². The van der Waals surface area contributed by atoms with Crippen LogP contribution in [-0.4, -0.2) is 23.1 Å². The molecule has 0 aromatic heterocycles. The van der Waals surface area contributed by atoms with Crippen molar-refractivity contribution < 1.29 is 9.84 Å². The molecule has 0 atom stereocenters. The average molecular weight is 238 g/mol. The molecule has 0 heterocycles. The van der Waals surface area contributed by atoms with Gasteiger partial charge in [-0.3, -0.25) is 0 Å². The predicted octanol–water partition coefficient (Wildman–Crippen LogP) is 3.09. The Morgan fingerprint density at radius 3 is 2.44 bits per heavy atom. The first kappa shape index (κ1) is 11.8. The molecule has 0 radical (unpaired) electrons. The molecule has 16 heavy (non-hydrogen) atoms. The number of thioether (sulfide) groups is 1. The number of aliphatic hydroxyl groups is 1. The fourth-order valence-electron chi connectivity index (χ4n) is 1.88. The summed E-state index contributed by atoms with van der Waals surface area (Å²) in [4.78, 5) is 1.22. The van der Waals surface area contributed by atoms with Crippen molar-refractivity contribution in [2.24, 2.45) is 0 Å². The number of benzene rings is 1. The van der Waals surface area contributed by atoms with Gasteiger partial charge in [0.15, 0.2) is 0 Å². The van der Waals surface area contributed by atoms with Gasteiger partial charge in [-0.25, -0.2) is 0 Å². The number of hydrogen-bond acceptors (Lipinski definition) is 3. The molecule has 1 saturated carbocycles. The summed E-state index contributed by atoms with van der Waals surface area (Å²) in [5.74, 6) is 0.915. The SMILES string of the molecule is CCOc1ccc(SC2(CO)CCC2)cc1. The first-order chi connectivity index (χ1) is 7.78. The second-order valence-corrected chi connectivity index (χ2v) is 5.74. The van der Waals surface area contributed by atoms with Gasteiger partial charge < -0.3 is 9.84 Å². The molecule has 1 aromatic carbocycles. The van der Waals surface area contributed by atoms with Gasteiger partial charge in [-0.2, -0.15) is 0 Å². The summed E-state index contributed by atoms with van der Waals surface area (Å²) < 4.78 is 5.49. The highest BCUT2D eigenvalue weighted by Gasteiger charge is 2.37. The van der Waals surface area contributed by atoms with Gasteiger partial charge in [0.2, 0.25) is 0 Å². The van der Waals surface area contributed by atoms with E-state index in [9.17, 15) is 5.11 Å². The van der Waals surface area contributed by atoms with Crippen LogP contribution >= 0.6 is 11.8 Å². The van der Waals surface area contributed by atoms with Crippen LogP contribution in [0.3, 0.4) is 0 Å². The number of rotatable bonds is 5. The average Bonchev–Trinajstić information content (AvgIpc) is 2.26. The summed E-state index contributed by atoms with van der Waals surface area (Å²) in [7, 11) is 0. The highest BCUT2D eigenvalue weighted by Crippen LogP contribution is 2.47. The van der Waals surface area contributed by atoms with E-state index in [1.54, 1.807) is 11.8 Å². The molecule has 1 aliphatic carbocycles. The smallest absolute Gasteiger partial charge is 0.119 e. The maximum absolute atomic E-state index is 9.39. The van der Waals surface area contributed by atoms with Gasteiger partial charge in [0.05, 0.1) is 13.2 Å². The van der Waals surface area contributed by atoms with Crippen LogP contribution in [-0.2, 0) is 0 Å². The first-order valence-electron chi connectivity index (χ1n) is 5.81. The first-order valence-corrected chi connectivity index (χ1v) is 6.62. The predicted molar refractivity (Wildman–Crippen MR) is 67.1 cm³/mol. The standard InChI is InChI=1S/C13H18O2S/c1-2-15-11-4-6-12(7-5-11)16-13(10-14)8-3-9-13/h4-7,14H,2-3,8-10H2,1H3. The van der Waals surface area contributed by atoms with Crippen LogP contribution in [0.4, 0.5) is 0 Å². The van der Waals surface area contributed by atoms with Crippen molar-refractivity contribution in [3.8, 4) is 5.75 Å². The Morgan fingerprint density at radius 2 is 2.00 bits per heavy atom. The molecule has 0 amide bonds. The maximum atomic E-state index is 9.39. The monoisotopic (exact) mass is 238 g/mol. The normalized spacial score (nSPS) is 17.9. The van der Waals surface area contributed by atoms with Gasteiger partial charge in [-0.05, 0) is 44.0 Å². The van der Waals surface area contributed by atoms with E-state index < -0.39 is 0 Å². The van der Waals surface area contributed by atoms with Crippen LogP contribution in [0.5, 0.6) is 5.75 Å². The van der Waals surface area contributed by atoms with Crippen LogP contribution in [0.1, 0.15) is 26.2 Å². The molecule has 88 valence electrons. The quantitative estimate of drug-likeness (QED) is 0.854. The van der Waals surface area contributed by atoms with Gasteiger partial charge >= 0.3 is 0 Å². The molecule has 1 fully saturated rings. The molecule has 1 aliphatic rings. The lowest BCUT2D eigenvalue weighted by molar-refractivity contribution is 0.191. The van der Waals surface area contributed by atoms with E-state index in [2.05, 4.69) is 12.1 Å². The molecule has 0 unspecified atom stereocenters. The molecular formula is C13H18O2S. The summed E-state index contributed by atoms with van der Waals surface area (Å²) in [5, 5.41) is 9.39. The summed E-state index contributed by atoms with van der Waals surface area (Å²) in [6, 6.07) is 8.14. The molecular weight excluding hydrogens is 220 g/mol. The van der Waals surface area contributed by atoms with Gasteiger partial charge in [0.25, 0.3) is 0 Å². The molecule has 0 saturated heterocycles. The summed E-state index contributed by atoms with van der Waals surface area (Å²) in [6.45, 7) is 2.97. The van der Waals surface area contributed by atoms with Crippen molar-refractivity contribution in [2.45, 2.75) is 35.8 Å². The Morgan fingerprint density at radius 1 is 1.31 bits per heavy atom. The third-order valence-corrected chi connectivity index (χ3v) is 4.50. The third kappa shape index (κ3) is 2.53. The third-order valence-electron chi connectivity index (χ3n) is 3.02. The summed E-state index contributed by atoms with van der Waals surface area (Å²) in [6.07, 6.45) is 3.49. The van der Waals surface area contributed by atoms with Gasteiger partial charge in [0.1, 0.15) is 5.75 Å². The minimum absolute atomic E-state index is 0.0904. The van der Waals surface area contributed by atoms with Crippen LogP contribution in [0, 0.1) is 0 Å². The second kappa shape index (κ2) is 5.11. The van der Waals surface area contributed by atoms with E-state index in [1.807, 2.05) is 19.1 Å². The highest BCUT2D eigenvalue weighted by atomic mass is 32.2. The lowest BCUT2D eigenvalue weighted by atomic mass is 9.85. The zero-order valence-electron chi connectivity index (χ0n) is 9.61. The zero-order chi connectivity index (χ0) is 11.4. The van der Waals surface area contributed by atoms with Crippen molar-refractivity contribution in [1.82, 2.24) is 0 Å². The second-order valence-electron chi connectivity index (χ2n) is 4.20. The molecule has 0 spiro atoms. The fraction of sp³-hybridized carbons (Fsp3) is 0.538. The number of ether oxygens (including phenoxy) is 1. The topological polar surface area (TPSA) is 29.5 Å². The molecule has 2 rings (SSSR count). The molecule has 1 N–H and O–H groups in total. The fourth-order valence-corrected chi connectivity index (χ4v) is 3.21. The highest BCUT2D eigenvalue weighted by molar-refractivity contribution is 8.00. The van der Waals surface area contributed by atoms with Crippen molar-refractivity contribution in [1.29, 1.82) is 0 Å². The largest absolute Gasteiger partial charge is 0.494 e. The van der Waals surface area contributed by atoms with E-state index in [0.717, 1.165) is 18.6 Å². The lowest BCUT2D eigenvalue weighted by Crippen LogP contribution is -2.37. The van der Waals surface area contributed by atoms with Crippen LogP contribution in [0.15, 0.2) is 29.2 Å². The Kier molecular flexibility index (Phi) is 3.77. The van der Waals surface area contributed by atoms with Gasteiger partial charge in [-0.1, -0.05) is 6.42 Å². The van der Waals surface area contributed by atoms with Crippen molar-refractivity contribution in [2.75, 3.05) is 13.2 Å². The Labute approximate surface area is 101 Å². The van der Waals surface area contributed by atoms with Crippen molar-refractivity contribution in [3.05, 3.63) is 24.3 Å². The van der Waals surface area contributed by atoms with Gasteiger partial charge in [0, 0.05) is 9.64 Å². The number of hydrogen-bond donors (Lipinski definition) is 1. The Hall–Kier alpha value is -0.670. The minimum atomic E-state index is 0.0904. The van der Waals surface area contributed by atoms with Gasteiger partial charge in [-0.15, -0.1) is 11.8 Å². The lowest BCUT2D eigenvalue weighted by Gasteiger charge is -2.39. The van der Waals surface area contributed by atoms with E-state index in [0.29, 0.717) is 6.61 Å². The van der Waals surface area contributed by atoms with E-state index in [-0.39, 0.29) is 11.4 Å². The van der Waals surface area contributed by atoms with Crippen LogP contribution in [0.2, 0.25) is 0 Å². The summed E-state index contributed by atoms with van der Waals surface area (Å²) >= 11 is 1.80. The van der Waals surface area contributed by atoms with Crippen LogP contribution < -0.4 is 4.74 Å². The minimum Gasteiger partial charge on any atom is -0.494 e. The Balaban J connectivity index is 1.99. The zero-order valence-corrected chi connectivity index (χ0v) is 10.4. The summed E-state index contributed by atoms with van der Waals surface area (Å²) in [5.41, 5.74) is 0. The molecule has 1 aromatic rings. The van der Waals surface area contributed by atoms with Crippen molar-refractivity contribution in [3.63, 3.8) is 0 Å². The van der Waals surface area contributed by atoms with Crippen LogP contribution in [0.25, 0.3) is 0 Å². The van der Waals surface area contributed by atoms with E-state index in [4.69, 9.17) is 4.74 Å². The van der Waals surface area contributed by atoms with E-state index >= 15 is 0 Å².